The first-order chi connectivity index (χ1) is 12.0. The highest BCUT2D eigenvalue weighted by atomic mass is 19.1. The summed E-state index contributed by atoms with van der Waals surface area (Å²) < 4.78 is 18.2. The zero-order chi connectivity index (χ0) is 18.2. The Bertz CT molecular complexity index is 728. The van der Waals surface area contributed by atoms with Crippen LogP contribution in [0.25, 0.3) is 0 Å². The van der Waals surface area contributed by atoms with Gasteiger partial charge in [0, 0.05) is 32.0 Å². The van der Waals surface area contributed by atoms with Crippen molar-refractivity contribution in [1.82, 2.24) is 4.90 Å². The van der Waals surface area contributed by atoms with Crippen LogP contribution in [0.1, 0.15) is 28.8 Å². The molecule has 1 amide bonds. The van der Waals surface area contributed by atoms with Crippen molar-refractivity contribution in [3.05, 3.63) is 65.5 Å². The molecule has 0 aromatic heterocycles. The molecule has 0 aliphatic rings. The number of carbonyl (C=O) groups is 2. The highest BCUT2D eigenvalue weighted by molar-refractivity contribution is 5.97. The van der Waals surface area contributed by atoms with Crippen molar-refractivity contribution in [2.24, 2.45) is 0 Å². The van der Waals surface area contributed by atoms with Crippen LogP contribution in [0.5, 0.6) is 5.75 Å². The Morgan fingerprint density at radius 1 is 1.04 bits per heavy atom. The lowest BCUT2D eigenvalue weighted by Gasteiger charge is -2.18. The van der Waals surface area contributed by atoms with Gasteiger partial charge in [-0.2, -0.15) is 0 Å². The van der Waals surface area contributed by atoms with E-state index in [0.717, 1.165) is 11.3 Å². The first-order valence-corrected chi connectivity index (χ1v) is 8.16. The molecule has 0 fully saturated rings. The second-order valence-electron chi connectivity index (χ2n) is 5.81. The highest BCUT2D eigenvalue weighted by Gasteiger charge is 2.13. The van der Waals surface area contributed by atoms with E-state index in [2.05, 4.69) is 0 Å². The fraction of sp³-hybridized carbons (Fsp3) is 0.300. The molecule has 0 heterocycles. The Hall–Kier alpha value is -2.69. The molecular weight excluding hydrogens is 321 g/mol. The van der Waals surface area contributed by atoms with Crippen LogP contribution in [-0.2, 0) is 11.2 Å². The molecule has 0 saturated heterocycles. The van der Waals surface area contributed by atoms with Crippen LogP contribution in [0.3, 0.4) is 0 Å². The Balaban J connectivity index is 1.82. The zero-order valence-electron chi connectivity index (χ0n) is 14.5. The van der Waals surface area contributed by atoms with Gasteiger partial charge in [0.1, 0.15) is 11.6 Å². The van der Waals surface area contributed by atoms with E-state index in [4.69, 9.17) is 4.74 Å². The molecule has 0 N–H and O–H groups in total. The van der Waals surface area contributed by atoms with Gasteiger partial charge in [-0.1, -0.05) is 18.2 Å². The summed E-state index contributed by atoms with van der Waals surface area (Å²) in [4.78, 5) is 25.8. The standard InChI is InChI=1S/C20H22FNO3/c1-22(14-13-16-5-3-4-6-19(16)25-2)20(24)12-11-18(23)15-7-9-17(21)10-8-15/h3-10H,11-14H2,1-2H3. The van der Waals surface area contributed by atoms with Crippen LogP contribution in [0.2, 0.25) is 0 Å². The number of amides is 1. The summed E-state index contributed by atoms with van der Waals surface area (Å²) in [6.07, 6.45) is 0.931. The quantitative estimate of drug-likeness (QED) is 0.689. The molecular formula is C20H22FNO3. The minimum atomic E-state index is -0.385. The third-order valence-corrected chi connectivity index (χ3v) is 4.07. The number of ketones is 1. The average Bonchev–Trinajstić information content (AvgIpc) is 2.64. The summed E-state index contributed by atoms with van der Waals surface area (Å²) >= 11 is 0. The van der Waals surface area contributed by atoms with E-state index in [-0.39, 0.29) is 30.3 Å². The zero-order valence-corrected chi connectivity index (χ0v) is 14.5. The lowest BCUT2D eigenvalue weighted by Crippen LogP contribution is -2.29. The second-order valence-corrected chi connectivity index (χ2v) is 5.81. The van der Waals surface area contributed by atoms with Gasteiger partial charge < -0.3 is 9.64 Å². The molecule has 25 heavy (non-hydrogen) atoms. The van der Waals surface area contributed by atoms with Crippen molar-refractivity contribution in [1.29, 1.82) is 0 Å². The smallest absolute Gasteiger partial charge is 0.222 e. The molecule has 0 spiro atoms. The van der Waals surface area contributed by atoms with Crippen molar-refractivity contribution < 1.29 is 18.7 Å². The normalized spacial score (nSPS) is 10.4. The predicted molar refractivity (Wildman–Crippen MR) is 94.3 cm³/mol. The number of para-hydroxylation sites is 1. The van der Waals surface area contributed by atoms with E-state index in [1.807, 2.05) is 24.3 Å². The summed E-state index contributed by atoms with van der Waals surface area (Å²) in [5.74, 6) is 0.162. The number of nitrogens with zero attached hydrogens (tertiary/aromatic N) is 1. The molecule has 0 radical (unpaired) electrons. The highest BCUT2D eigenvalue weighted by Crippen LogP contribution is 2.18. The number of rotatable bonds is 8. The molecule has 0 aliphatic heterocycles. The van der Waals surface area contributed by atoms with Crippen molar-refractivity contribution in [2.75, 3.05) is 20.7 Å². The topological polar surface area (TPSA) is 46.6 Å². The van der Waals surface area contributed by atoms with Gasteiger partial charge in [0.15, 0.2) is 5.78 Å². The second kappa shape index (κ2) is 8.97. The number of methoxy groups -OCH3 is 1. The van der Waals surface area contributed by atoms with E-state index in [9.17, 15) is 14.0 Å². The summed E-state index contributed by atoms with van der Waals surface area (Å²) in [5.41, 5.74) is 1.46. The van der Waals surface area contributed by atoms with E-state index in [1.54, 1.807) is 19.1 Å². The molecule has 0 bridgehead atoms. The van der Waals surface area contributed by atoms with Crippen LogP contribution in [0.4, 0.5) is 4.39 Å². The largest absolute Gasteiger partial charge is 0.496 e. The fourth-order valence-corrected chi connectivity index (χ4v) is 2.51. The van der Waals surface area contributed by atoms with Gasteiger partial charge in [-0.3, -0.25) is 9.59 Å². The molecule has 0 unspecified atom stereocenters. The number of likely N-dealkylation sites (N-methyl/N-ethyl adjacent to an activating group) is 1. The number of halogens is 1. The molecule has 0 aliphatic carbocycles. The van der Waals surface area contributed by atoms with Crippen LogP contribution >= 0.6 is 0 Å². The van der Waals surface area contributed by atoms with E-state index < -0.39 is 0 Å². The SMILES string of the molecule is COc1ccccc1CCN(C)C(=O)CCC(=O)c1ccc(F)cc1. The number of hydrogen-bond donors (Lipinski definition) is 0. The lowest BCUT2D eigenvalue weighted by atomic mass is 10.1. The molecule has 0 saturated carbocycles. The van der Waals surface area contributed by atoms with Gasteiger partial charge in [0.25, 0.3) is 0 Å². The predicted octanol–water partition coefficient (Wildman–Crippen LogP) is 3.50. The number of Topliss-reactive ketones (excluding diaryl/α,β-unsaturated/α-hetero) is 1. The maximum atomic E-state index is 12.9. The number of hydrogen-bond acceptors (Lipinski definition) is 3. The van der Waals surface area contributed by atoms with Crippen molar-refractivity contribution in [3.63, 3.8) is 0 Å². The minimum Gasteiger partial charge on any atom is -0.496 e. The van der Waals surface area contributed by atoms with Crippen molar-refractivity contribution >= 4 is 11.7 Å². The Labute approximate surface area is 147 Å². The van der Waals surface area contributed by atoms with E-state index >= 15 is 0 Å². The van der Waals surface area contributed by atoms with Crippen molar-refractivity contribution in [3.8, 4) is 5.75 Å². The average molecular weight is 343 g/mol. The van der Waals surface area contributed by atoms with Crippen LogP contribution < -0.4 is 4.74 Å². The third-order valence-electron chi connectivity index (χ3n) is 4.07. The Kier molecular flexibility index (Phi) is 6.69. The summed E-state index contributed by atoms with van der Waals surface area (Å²) in [7, 11) is 3.34. The molecule has 0 atom stereocenters. The number of benzene rings is 2. The maximum Gasteiger partial charge on any atom is 0.222 e. The molecule has 2 aromatic rings. The van der Waals surface area contributed by atoms with Crippen molar-refractivity contribution in [2.45, 2.75) is 19.3 Å². The van der Waals surface area contributed by atoms with E-state index in [0.29, 0.717) is 18.5 Å². The van der Waals surface area contributed by atoms with Gasteiger partial charge >= 0.3 is 0 Å². The molecule has 2 rings (SSSR count). The molecule has 5 heteroatoms. The summed E-state index contributed by atoms with van der Waals surface area (Å²) in [5, 5.41) is 0. The number of ether oxygens (including phenoxy) is 1. The number of carbonyl (C=O) groups excluding carboxylic acids is 2. The monoisotopic (exact) mass is 343 g/mol. The van der Waals surface area contributed by atoms with Crippen LogP contribution in [-0.4, -0.2) is 37.3 Å². The lowest BCUT2D eigenvalue weighted by molar-refractivity contribution is -0.129. The third kappa shape index (κ3) is 5.41. The van der Waals surface area contributed by atoms with Gasteiger partial charge in [-0.05, 0) is 42.3 Å². The molecule has 4 nitrogen and oxygen atoms in total. The van der Waals surface area contributed by atoms with Gasteiger partial charge in [-0.25, -0.2) is 4.39 Å². The fourth-order valence-electron chi connectivity index (χ4n) is 2.51. The Morgan fingerprint density at radius 3 is 2.40 bits per heavy atom. The van der Waals surface area contributed by atoms with Crippen LogP contribution in [0, 0.1) is 5.82 Å². The maximum absolute atomic E-state index is 12.9. The summed E-state index contributed by atoms with van der Waals surface area (Å²) in [6.45, 7) is 0.546. The molecule has 2 aromatic carbocycles. The molecule has 132 valence electrons. The minimum absolute atomic E-state index is 0.0923. The van der Waals surface area contributed by atoms with Gasteiger partial charge in [0.05, 0.1) is 7.11 Å². The van der Waals surface area contributed by atoms with Crippen LogP contribution in [0.15, 0.2) is 48.5 Å². The first-order valence-electron chi connectivity index (χ1n) is 8.16. The summed E-state index contributed by atoms with van der Waals surface area (Å²) in [6, 6.07) is 13.1. The van der Waals surface area contributed by atoms with E-state index in [1.165, 1.54) is 24.3 Å². The van der Waals surface area contributed by atoms with Gasteiger partial charge in [0.2, 0.25) is 5.91 Å². The first kappa shape index (κ1) is 18.6. The Morgan fingerprint density at radius 2 is 1.72 bits per heavy atom. The van der Waals surface area contributed by atoms with Gasteiger partial charge in [-0.15, -0.1) is 0 Å².